The van der Waals surface area contributed by atoms with Gasteiger partial charge in [0.25, 0.3) is 0 Å². The monoisotopic (exact) mass is 404 g/mol. The van der Waals surface area contributed by atoms with Crippen LogP contribution in [0.4, 0.5) is 13.2 Å². The predicted octanol–water partition coefficient (Wildman–Crippen LogP) is 4.37. The zero-order chi connectivity index (χ0) is 21.2. The highest BCUT2D eigenvalue weighted by molar-refractivity contribution is 5.89. The largest absolute Gasteiger partial charge is 0.491 e. The van der Waals surface area contributed by atoms with E-state index in [0.717, 1.165) is 0 Å². The Bertz CT molecular complexity index is 1120. The Morgan fingerprint density at radius 3 is 2.28 bits per heavy atom. The molecular formula is C21H15F3O5. The van der Waals surface area contributed by atoms with Crippen LogP contribution in [0.25, 0.3) is 11.0 Å². The molecule has 0 fully saturated rings. The molecule has 0 bridgehead atoms. The highest BCUT2D eigenvalue weighted by atomic mass is 19.4. The minimum atomic E-state index is -5.27. The van der Waals surface area contributed by atoms with Crippen LogP contribution in [0.1, 0.15) is 30.4 Å². The second-order valence-corrected chi connectivity index (χ2v) is 6.39. The third-order valence-electron chi connectivity index (χ3n) is 4.27. The summed E-state index contributed by atoms with van der Waals surface area (Å²) in [6, 6.07) is 14.0. The van der Waals surface area contributed by atoms with E-state index in [1.54, 1.807) is 30.3 Å². The fourth-order valence-corrected chi connectivity index (χ4v) is 3.06. The summed E-state index contributed by atoms with van der Waals surface area (Å²) >= 11 is 0. The minimum Gasteiger partial charge on any atom is -0.422 e. The maximum atomic E-state index is 12.9. The highest BCUT2D eigenvalue weighted by Gasteiger charge is 2.42. The lowest BCUT2D eigenvalue weighted by Crippen LogP contribution is -2.29. The number of Topliss-reactive ketones (excluding diaryl/α,β-unsaturated/α-hetero) is 1. The molecule has 0 aliphatic carbocycles. The van der Waals surface area contributed by atoms with E-state index in [2.05, 4.69) is 4.74 Å². The van der Waals surface area contributed by atoms with Crippen molar-refractivity contribution < 1.29 is 31.9 Å². The smallest absolute Gasteiger partial charge is 0.422 e. The molecule has 1 atom stereocenters. The lowest BCUT2D eigenvalue weighted by molar-refractivity contribution is -0.189. The molecule has 3 aromatic rings. The molecule has 0 aliphatic heterocycles. The van der Waals surface area contributed by atoms with Gasteiger partial charge < -0.3 is 9.15 Å². The molecule has 0 saturated carbocycles. The van der Waals surface area contributed by atoms with Crippen LogP contribution in [0.15, 0.2) is 63.8 Å². The Morgan fingerprint density at radius 1 is 1.03 bits per heavy atom. The summed E-state index contributed by atoms with van der Waals surface area (Å²) < 4.78 is 48.5. The molecule has 5 nitrogen and oxygen atoms in total. The van der Waals surface area contributed by atoms with Crippen molar-refractivity contribution >= 4 is 22.7 Å². The molecule has 29 heavy (non-hydrogen) atoms. The molecule has 0 spiro atoms. The summed E-state index contributed by atoms with van der Waals surface area (Å²) in [6.07, 6.45) is -5.46. The van der Waals surface area contributed by atoms with Crippen molar-refractivity contribution in [2.45, 2.75) is 25.4 Å². The lowest BCUT2D eigenvalue weighted by atomic mass is 9.87. The average Bonchev–Trinajstić information content (AvgIpc) is 2.66. The van der Waals surface area contributed by atoms with Crippen LogP contribution in [0.3, 0.4) is 0 Å². The summed E-state index contributed by atoms with van der Waals surface area (Å²) in [5.74, 6) is -4.29. The van der Waals surface area contributed by atoms with Gasteiger partial charge in [0.2, 0.25) is 0 Å². The van der Waals surface area contributed by atoms with E-state index in [9.17, 15) is 27.6 Å². The number of esters is 1. The molecule has 0 amide bonds. The second kappa shape index (κ2) is 7.90. The Morgan fingerprint density at radius 2 is 1.66 bits per heavy atom. The number of hydrogen-bond donors (Lipinski definition) is 0. The van der Waals surface area contributed by atoms with Gasteiger partial charge in [0.15, 0.2) is 5.75 Å². The highest BCUT2D eigenvalue weighted by Crippen LogP contribution is 2.38. The van der Waals surface area contributed by atoms with E-state index in [1.165, 1.54) is 31.2 Å². The summed E-state index contributed by atoms with van der Waals surface area (Å²) in [4.78, 5) is 36.2. The van der Waals surface area contributed by atoms with Gasteiger partial charge in [0.05, 0.1) is 10.9 Å². The molecular weight excluding hydrogens is 389 g/mol. The SMILES string of the molecule is CC(=O)C[C@@H](c1ccccc1)c1c(OC(=O)C(F)(F)F)c2ccccc2oc1=O. The maximum absolute atomic E-state index is 12.9. The third-order valence-corrected chi connectivity index (χ3v) is 4.27. The molecule has 8 heteroatoms. The van der Waals surface area contributed by atoms with E-state index in [0.29, 0.717) is 5.56 Å². The third kappa shape index (κ3) is 4.37. The average molecular weight is 404 g/mol. The molecule has 0 unspecified atom stereocenters. The number of carbonyl (C=O) groups excluding carboxylic acids is 2. The number of ketones is 1. The van der Waals surface area contributed by atoms with E-state index in [-0.39, 0.29) is 28.7 Å². The van der Waals surface area contributed by atoms with Gasteiger partial charge in [-0.15, -0.1) is 0 Å². The number of halogens is 3. The molecule has 0 radical (unpaired) electrons. The summed E-state index contributed by atoms with van der Waals surface area (Å²) in [7, 11) is 0. The van der Waals surface area contributed by atoms with Crippen molar-refractivity contribution in [1.82, 2.24) is 0 Å². The summed E-state index contributed by atoms with van der Waals surface area (Å²) in [5.41, 5.74) is -0.845. The zero-order valence-corrected chi connectivity index (χ0v) is 15.2. The first-order chi connectivity index (χ1) is 13.7. The Balaban J connectivity index is 2.31. The summed E-state index contributed by atoms with van der Waals surface area (Å²) in [6.45, 7) is 1.29. The number of para-hydroxylation sites is 1. The van der Waals surface area contributed by atoms with Gasteiger partial charge in [-0.05, 0) is 24.6 Å². The van der Waals surface area contributed by atoms with Gasteiger partial charge in [0, 0.05) is 12.3 Å². The Kier molecular flexibility index (Phi) is 5.54. The van der Waals surface area contributed by atoms with Gasteiger partial charge in [0.1, 0.15) is 11.4 Å². The number of rotatable bonds is 5. The van der Waals surface area contributed by atoms with E-state index >= 15 is 0 Å². The normalized spacial score (nSPS) is 12.6. The van der Waals surface area contributed by atoms with Crippen LogP contribution in [-0.4, -0.2) is 17.9 Å². The first-order valence-electron chi connectivity index (χ1n) is 8.57. The van der Waals surface area contributed by atoms with Crippen LogP contribution in [0.5, 0.6) is 5.75 Å². The number of ether oxygens (including phenoxy) is 1. The fourth-order valence-electron chi connectivity index (χ4n) is 3.06. The quantitative estimate of drug-likeness (QED) is 0.466. The molecule has 150 valence electrons. The standard InChI is InChI=1S/C21H15F3O5/c1-12(25)11-15(13-7-3-2-4-8-13)17-18(29-20(27)21(22,23)24)14-9-5-6-10-16(14)28-19(17)26/h2-10,15H,11H2,1H3/t15-/m0/s1. The van der Waals surface area contributed by atoms with Crippen molar-refractivity contribution in [1.29, 1.82) is 0 Å². The minimum absolute atomic E-state index is 0.0178. The van der Waals surface area contributed by atoms with Crippen LogP contribution < -0.4 is 10.4 Å². The van der Waals surface area contributed by atoms with Gasteiger partial charge in [-0.2, -0.15) is 13.2 Å². The van der Waals surface area contributed by atoms with Crippen molar-refractivity contribution in [3.8, 4) is 5.75 Å². The Labute approximate surface area is 162 Å². The van der Waals surface area contributed by atoms with Crippen LogP contribution >= 0.6 is 0 Å². The van der Waals surface area contributed by atoms with E-state index in [4.69, 9.17) is 4.42 Å². The lowest BCUT2D eigenvalue weighted by Gasteiger charge is -2.20. The maximum Gasteiger partial charge on any atom is 0.491 e. The molecule has 1 aromatic heterocycles. The molecule has 0 saturated heterocycles. The topological polar surface area (TPSA) is 73.6 Å². The first-order valence-corrected chi connectivity index (χ1v) is 8.57. The molecule has 0 N–H and O–H groups in total. The molecule has 1 heterocycles. The van der Waals surface area contributed by atoms with Crippen LogP contribution in [0, 0.1) is 0 Å². The van der Waals surface area contributed by atoms with Crippen LogP contribution in [-0.2, 0) is 9.59 Å². The van der Waals surface area contributed by atoms with E-state index < -0.39 is 29.4 Å². The van der Waals surface area contributed by atoms with Crippen molar-refractivity contribution in [2.24, 2.45) is 0 Å². The number of fused-ring (bicyclic) bond motifs is 1. The van der Waals surface area contributed by atoms with Crippen molar-refractivity contribution in [2.75, 3.05) is 0 Å². The second-order valence-electron chi connectivity index (χ2n) is 6.39. The fraction of sp³-hybridized carbons (Fsp3) is 0.190. The molecule has 2 aromatic carbocycles. The summed E-state index contributed by atoms with van der Waals surface area (Å²) in [5, 5.41) is 0.0178. The van der Waals surface area contributed by atoms with Crippen molar-refractivity contribution in [3.63, 3.8) is 0 Å². The number of carbonyl (C=O) groups is 2. The van der Waals surface area contributed by atoms with Gasteiger partial charge in [-0.1, -0.05) is 42.5 Å². The van der Waals surface area contributed by atoms with Gasteiger partial charge >= 0.3 is 17.8 Å². The number of benzene rings is 2. The van der Waals surface area contributed by atoms with Crippen LogP contribution in [0.2, 0.25) is 0 Å². The Hall–Kier alpha value is -3.42. The van der Waals surface area contributed by atoms with Gasteiger partial charge in [-0.25, -0.2) is 9.59 Å². The zero-order valence-electron chi connectivity index (χ0n) is 15.2. The van der Waals surface area contributed by atoms with Gasteiger partial charge in [-0.3, -0.25) is 4.79 Å². The molecule has 0 aliphatic rings. The van der Waals surface area contributed by atoms with E-state index in [1.807, 2.05) is 0 Å². The first kappa shape index (κ1) is 20.3. The number of alkyl halides is 3. The van der Waals surface area contributed by atoms with Crippen molar-refractivity contribution in [3.05, 3.63) is 76.1 Å². The molecule has 3 rings (SSSR count). The number of hydrogen-bond acceptors (Lipinski definition) is 5. The predicted molar refractivity (Wildman–Crippen MR) is 97.8 cm³/mol.